The Morgan fingerprint density at radius 2 is 2.29 bits per heavy atom. The zero-order chi connectivity index (χ0) is 5.70. The van der Waals surface area contributed by atoms with Crippen LogP contribution in [0.4, 0.5) is 0 Å². The Morgan fingerprint density at radius 3 is 2.43 bits per heavy atom. The highest BCUT2D eigenvalue weighted by Crippen LogP contribution is 1.80. The fourth-order valence-corrected chi connectivity index (χ4v) is 0.153. The molecule has 0 unspecified atom stereocenters. The molecule has 1 heteroatoms. The minimum atomic E-state index is 0.273. The van der Waals surface area contributed by atoms with E-state index >= 15 is 0 Å². The van der Waals surface area contributed by atoms with Gasteiger partial charge in [0.05, 0.1) is 0 Å². The molecule has 0 aliphatic heterocycles. The molecule has 1 radical (unpaired) electrons. The first-order valence-corrected chi connectivity index (χ1v) is 1.74. The van der Waals surface area contributed by atoms with Gasteiger partial charge in [-0.05, 0) is 6.08 Å². The van der Waals surface area contributed by atoms with Crippen LogP contribution in [0.2, 0.25) is 0 Å². The van der Waals surface area contributed by atoms with Crippen molar-refractivity contribution in [2.45, 2.75) is 0 Å². The van der Waals surface area contributed by atoms with E-state index < -0.39 is 0 Å². The van der Waals surface area contributed by atoms with E-state index in [0.717, 1.165) is 0 Å². The Kier molecular flexibility index (Phi) is 2.65. The second-order valence-electron chi connectivity index (χ2n) is 0.976. The van der Waals surface area contributed by atoms with Crippen molar-refractivity contribution in [2.24, 2.45) is 0 Å². The van der Waals surface area contributed by atoms with Crippen molar-refractivity contribution in [1.29, 1.82) is 0 Å². The van der Waals surface area contributed by atoms with Gasteiger partial charge in [0.1, 0.15) is 0 Å². The summed E-state index contributed by atoms with van der Waals surface area (Å²) in [4.78, 5) is 9.57. The van der Waals surface area contributed by atoms with Crippen LogP contribution in [-0.2, 0) is 4.79 Å². The minimum Gasteiger partial charge on any atom is -0.285 e. The first kappa shape index (κ1) is 5.93. The Bertz CT molecular complexity index is 127. The molecule has 0 atom stereocenters. The molecule has 0 saturated heterocycles. The Morgan fingerprint density at radius 1 is 1.71 bits per heavy atom. The van der Waals surface area contributed by atoms with Crippen LogP contribution < -0.4 is 0 Å². The maximum atomic E-state index is 9.57. The third-order valence-corrected chi connectivity index (χ3v) is 0.407. The molecule has 0 aromatic carbocycles. The lowest BCUT2D eigenvalue weighted by atomic mass is 10.3. The van der Waals surface area contributed by atoms with Gasteiger partial charge in [-0.2, -0.15) is 0 Å². The van der Waals surface area contributed by atoms with Crippen molar-refractivity contribution in [3.05, 3.63) is 30.5 Å². The van der Waals surface area contributed by atoms with Crippen molar-refractivity contribution in [3.8, 4) is 0 Å². The summed E-state index contributed by atoms with van der Waals surface area (Å²) >= 11 is 0. The maximum Gasteiger partial charge on any atom is 0.233 e. The molecule has 7 heavy (non-hydrogen) atoms. The van der Waals surface area contributed by atoms with Crippen molar-refractivity contribution >= 4 is 6.29 Å². The SMILES string of the molecule is C=C=CC(=C)[C]=O. The highest BCUT2D eigenvalue weighted by Gasteiger charge is 1.76. The number of allylic oxidation sites excluding steroid dienone is 2. The summed E-state index contributed by atoms with van der Waals surface area (Å²) in [7, 11) is 0. The first-order chi connectivity index (χ1) is 3.31. The number of hydrogen-bond donors (Lipinski definition) is 0. The quantitative estimate of drug-likeness (QED) is 0.282. The van der Waals surface area contributed by atoms with E-state index in [1.165, 1.54) is 6.08 Å². The van der Waals surface area contributed by atoms with Gasteiger partial charge in [-0.3, -0.25) is 4.79 Å². The van der Waals surface area contributed by atoms with Gasteiger partial charge < -0.3 is 0 Å². The van der Waals surface area contributed by atoms with E-state index in [4.69, 9.17) is 0 Å². The second-order valence-corrected chi connectivity index (χ2v) is 0.976. The molecule has 0 saturated carbocycles. The highest BCUT2D eigenvalue weighted by atomic mass is 16.1. The van der Waals surface area contributed by atoms with Gasteiger partial charge in [0.25, 0.3) is 0 Å². The lowest BCUT2D eigenvalue weighted by Crippen LogP contribution is -1.69. The van der Waals surface area contributed by atoms with E-state index in [-0.39, 0.29) is 5.57 Å². The summed E-state index contributed by atoms with van der Waals surface area (Å²) in [6.45, 7) is 6.51. The lowest BCUT2D eigenvalue weighted by Gasteiger charge is -1.69. The van der Waals surface area contributed by atoms with Gasteiger partial charge >= 0.3 is 0 Å². The van der Waals surface area contributed by atoms with Crippen LogP contribution in [0.5, 0.6) is 0 Å². The number of rotatable bonds is 2. The van der Waals surface area contributed by atoms with E-state index in [1.54, 1.807) is 6.29 Å². The monoisotopic (exact) mass is 93.0 g/mol. The molecule has 0 aromatic heterocycles. The van der Waals surface area contributed by atoms with Gasteiger partial charge in [0.15, 0.2) is 0 Å². The zero-order valence-electron chi connectivity index (χ0n) is 3.90. The Hall–Kier alpha value is -1.07. The average Bonchev–Trinajstić information content (AvgIpc) is 1.68. The topological polar surface area (TPSA) is 17.1 Å². The fraction of sp³-hybridized carbons (Fsp3) is 0. The molecule has 1 nitrogen and oxygen atoms in total. The molecular formula is C6H5O. The molecule has 0 fully saturated rings. The number of hydrogen-bond acceptors (Lipinski definition) is 1. The zero-order valence-corrected chi connectivity index (χ0v) is 3.90. The molecule has 0 heterocycles. The number of carbonyl (C=O) groups excluding carboxylic acids is 1. The molecule has 0 aromatic rings. The van der Waals surface area contributed by atoms with Crippen LogP contribution in [0.1, 0.15) is 0 Å². The van der Waals surface area contributed by atoms with Crippen molar-refractivity contribution < 1.29 is 4.79 Å². The standard InChI is InChI=1S/C6H5O/c1-3-4-6(2)5-7/h4H,1-2H2. The predicted octanol–water partition coefficient (Wildman–Crippen LogP) is 0.993. The van der Waals surface area contributed by atoms with Gasteiger partial charge in [0.2, 0.25) is 6.29 Å². The summed E-state index contributed by atoms with van der Waals surface area (Å²) in [5, 5.41) is 0. The van der Waals surface area contributed by atoms with E-state index in [9.17, 15) is 4.79 Å². The van der Waals surface area contributed by atoms with Crippen LogP contribution in [0, 0.1) is 0 Å². The van der Waals surface area contributed by atoms with Crippen LogP contribution in [0.15, 0.2) is 30.5 Å². The van der Waals surface area contributed by atoms with Gasteiger partial charge in [-0.1, -0.05) is 13.2 Å². The largest absolute Gasteiger partial charge is 0.285 e. The van der Waals surface area contributed by atoms with E-state index in [1.807, 2.05) is 0 Å². The van der Waals surface area contributed by atoms with E-state index in [2.05, 4.69) is 18.9 Å². The molecule has 0 bridgehead atoms. The highest BCUT2D eigenvalue weighted by molar-refractivity contribution is 5.76. The summed E-state index contributed by atoms with van der Waals surface area (Å²) in [6, 6.07) is 0. The predicted molar refractivity (Wildman–Crippen MR) is 28.5 cm³/mol. The molecule has 0 rings (SSSR count). The van der Waals surface area contributed by atoms with Crippen molar-refractivity contribution in [3.63, 3.8) is 0 Å². The molecular weight excluding hydrogens is 88.1 g/mol. The molecule has 35 valence electrons. The summed E-state index contributed by atoms with van der Waals surface area (Å²) in [5.41, 5.74) is 2.65. The Balaban J connectivity index is 3.82. The third-order valence-electron chi connectivity index (χ3n) is 0.407. The van der Waals surface area contributed by atoms with E-state index in [0.29, 0.717) is 0 Å². The molecule has 0 spiro atoms. The molecule has 0 amide bonds. The normalized spacial score (nSPS) is 6.29. The maximum absolute atomic E-state index is 9.57. The third kappa shape index (κ3) is 2.74. The average molecular weight is 93.1 g/mol. The van der Waals surface area contributed by atoms with Gasteiger partial charge in [0, 0.05) is 5.57 Å². The lowest BCUT2D eigenvalue weighted by molar-refractivity contribution is 0.563. The van der Waals surface area contributed by atoms with Crippen LogP contribution >= 0.6 is 0 Å². The fourth-order valence-electron chi connectivity index (χ4n) is 0.153. The smallest absolute Gasteiger partial charge is 0.233 e. The van der Waals surface area contributed by atoms with Crippen LogP contribution in [-0.4, -0.2) is 6.29 Å². The van der Waals surface area contributed by atoms with Crippen molar-refractivity contribution in [2.75, 3.05) is 0 Å². The summed E-state index contributed by atoms with van der Waals surface area (Å²) in [5.74, 6) is 0. The summed E-state index contributed by atoms with van der Waals surface area (Å²) < 4.78 is 0. The Labute approximate surface area is 42.7 Å². The summed E-state index contributed by atoms with van der Waals surface area (Å²) in [6.07, 6.45) is 2.93. The minimum absolute atomic E-state index is 0.273. The second kappa shape index (κ2) is 3.13. The van der Waals surface area contributed by atoms with Crippen LogP contribution in [0.3, 0.4) is 0 Å². The van der Waals surface area contributed by atoms with Gasteiger partial charge in [-0.25, -0.2) is 0 Å². The van der Waals surface area contributed by atoms with Crippen LogP contribution in [0.25, 0.3) is 0 Å². The molecule has 0 aliphatic carbocycles. The molecule has 0 aliphatic rings. The van der Waals surface area contributed by atoms with Gasteiger partial charge in [-0.15, -0.1) is 5.73 Å². The first-order valence-electron chi connectivity index (χ1n) is 1.74. The molecule has 0 N–H and O–H groups in total. The van der Waals surface area contributed by atoms with Crippen molar-refractivity contribution in [1.82, 2.24) is 0 Å².